The first-order chi connectivity index (χ1) is 17.3. The summed E-state index contributed by atoms with van der Waals surface area (Å²) in [6.45, 7) is 7.14. The zero-order valence-electron chi connectivity index (χ0n) is 20.5. The molecule has 3 N–H and O–H groups in total. The van der Waals surface area contributed by atoms with Crippen LogP contribution in [0.4, 0.5) is 5.69 Å². The standard InChI is InChI=1S/C11H14ClN3.2C7H8O3S/c12-11-2-1-9(5-14-11)15-7-8-3-4-13-6-10(8)15;2*1-6-2-4-7(5-3-6)11(8,9)10/h1-2,5,8,10,13H,3-4,6-7H2;2*2-5H,1H3,(H,8,9,10)/t8-,10-;;/m1../s1. The van der Waals surface area contributed by atoms with Crippen molar-refractivity contribution in [1.29, 1.82) is 0 Å². The van der Waals surface area contributed by atoms with E-state index in [9.17, 15) is 16.8 Å². The average molecular weight is 568 g/mol. The van der Waals surface area contributed by atoms with Crippen molar-refractivity contribution in [2.24, 2.45) is 5.92 Å². The first-order valence-electron chi connectivity index (χ1n) is 11.5. The Kier molecular flexibility index (Phi) is 9.68. The minimum Gasteiger partial charge on any atom is -0.365 e. The Morgan fingerprint density at radius 1 is 0.865 bits per heavy atom. The van der Waals surface area contributed by atoms with Gasteiger partial charge >= 0.3 is 0 Å². The lowest BCUT2D eigenvalue weighted by Crippen LogP contribution is -2.63. The number of nitrogens with zero attached hydrogens (tertiary/aromatic N) is 2. The number of aryl methyl sites for hydroxylation is 2. The highest BCUT2D eigenvalue weighted by atomic mass is 35.5. The summed E-state index contributed by atoms with van der Waals surface area (Å²) >= 11 is 5.77. The molecule has 0 spiro atoms. The highest BCUT2D eigenvalue weighted by Crippen LogP contribution is 2.34. The fourth-order valence-electron chi connectivity index (χ4n) is 3.98. The molecule has 3 heterocycles. The molecule has 5 rings (SSSR count). The Hall–Kier alpha value is -2.54. The molecule has 0 bridgehead atoms. The van der Waals surface area contributed by atoms with Gasteiger partial charge in [0.2, 0.25) is 0 Å². The molecule has 2 saturated heterocycles. The molecule has 2 atom stereocenters. The van der Waals surface area contributed by atoms with Crippen molar-refractivity contribution < 1.29 is 25.9 Å². The second kappa shape index (κ2) is 12.3. The number of piperidine rings is 1. The Labute approximate surface area is 223 Å². The topological polar surface area (TPSA) is 137 Å². The van der Waals surface area contributed by atoms with Crippen molar-refractivity contribution in [1.82, 2.24) is 10.3 Å². The molecule has 12 heteroatoms. The van der Waals surface area contributed by atoms with Crippen LogP contribution in [0.25, 0.3) is 0 Å². The molecule has 3 aromatic rings. The van der Waals surface area contributed by atoms with Gasteiger partial charge in [0.15, 0.2) is 0 Å². The normalized spacial score (nSPS) is 18.8. The Balaban J connectivity index is 0.000000158. The summed E-state index contributed by atoms with van der Waals surface area (Å²) in [4.78, 5) is 6.41. The van der Waals surface area contributed by atoms with Crippen LogP contribution >= 0.6 is 11.6 Å². The zero-order valence-corrected chi connectivity index (χ0v) is 22.8. The molecular formula is C25H30ClN3O6S2. The molecule has 37 heavy (non-hydrogen) atoms. The molecular weight excluding hydrogens is 538 g/mol. The molecule has 2 aliphatic heterocycles. The first-order valence-corrected chi connectivity index (χ1v) is 14.8. The average Bonchev–Trinajstić information content (AvgIpc) is 2.81. The monoisotopic (exact) mass is 567 g/mol. The van der Waals surface area contributed by atoms with Crippen LogP contribution in [-0.2, 0) is 20.2 Å². The van der Waals surface area contributed by atoms with Crippen LogP contribution in [0.2, 0.25) is 5.15 Å². The molecule has 0 aliphatic carbocycles. The summed E-state index contributed by atoms with van der Waals surface area (Å²) in [5, 5.41) is 4.01. The van der Waals surface area contributed by atoms with E-state index in [4.69, 9.17) is 20.7 Å². The number of hydrogen-bond acceptors (Lipinski definition) is 7. The van der Waals surface area contributed by atoms with Crippen molar-refractivity contribution in [2.45, 2.75) is 36.1 Å². The van der Waals surface area contributed by atoms with E-state index >= 15 is 0 Å². The molecule has 0 unspecified atom stereocenters. The highest BCUT2D eigenvalue weighted by molar-refractivity contribution is 7.86. The molecule has 2 aromatic carbocycles. The van der Waals surface area contributed by atoms with E-state index < -0.39 is 20.2 Å². The van der Waals surface area contributed by atoms with Gasteiger partial charge in [-0.25, -0.2) is 4.98 Å². The van der Waals surface area contributed by atoms with Crippen LogP contribution in [0.3, 0.4) is 0 Å². The quantitative estimate of drug-likeness (QED) is 0.316. The molecule has 2 fully saturated rings. The third kappa shape index (κ3) is 8.49. The van der Waals surface area contributed by atoms with Crippen molar-refractivity contribution >= 4 is 37.5 Å². The van der Waals surface area contributed by atoms with Crippen LogP contribution in [0.5, 0.6) is 0 Å². The largest absolute Gasteiger partial charge is 0.365 e. The lowest BCUT2D eigenvalue weighted by atomic mass is 9.83. The van der Waals surface area contributed by atoms with E-state index in [0.717, 1.165) is 23.6 Å². The number of anilines is 1. The fourth-order valence-corrected chi connectivity index (χ4v) is 5.05. The van der Waals surface area contributed by atoms with E-state index in [0.29, 0.717) is 11.2 Å². The smallest absolute Gasteiger partial charge is 0.294 e. The number of nitrogens with one attached hydrogen (secondary N) is 1. The SMILES string of the molecule is Cc1ccc(S(=O)(=O)O)cc1.Cc1ccc(S(=O)(=O)O)cc1.Clc1ccc(N2C[C@H]3CCNC[C@H]32)cn1. The predicted molar refractivity (Wildman–Crippen MR) is 143 cm³/mol. The summed E-state index contributed by atoms with van der Waals surface area (Å²) in [6, 6.07) is 16.6. The maximum Gasteiger partial charge on any atom is 0.294 e. The van der Waals surface area contributed by atoms with E-state index in [1.807, 2.05) is 26.1 Å². The Bertz CT molecular complexity index is 1310. The molecule has 0 saturated carbocycles. The molecule has 1 aromatic heterocycles. The van der Waals surface area contributed by atoms with Gasteiger partial charge in [-0.05, 0) is 69.1 Å². The Morgan fingerprint density at radius 3 is 1.78 bits per heavy atom. The maximum absolute atomic E-state index is 10.5. The van der Waals surface area contributed by atoms with Gasteiger partial charge in [0.05, 0.1) is 21.7 Å². The molecule has 2 aliphatic rings. The third-order valence-electron chi connectivity index (χ3n) is 6.10. The number of hydrogen-bond donors (Lipinski definition) is 3. The van der Waals surface area contributed by atoms with E-state index in [-0.39, 0.29) is 9.79 Å². The minimum atomic E-state index is -4.02. The number of rotatable bonds is 3. The van der Waals surface area contributed by atoms with E-state index in [2.05, 4.69) is 21.3 Å². The van der Waals surface area contributed by atoms with Gasteiger partial charge < -0.3 is 10.2 Å². The molecule has 0 amide bonds. The summed E-state index contributed by atoms with van der Waals surface area (Å²) in [5.74, 6) is 0.877. The van der Waals surface area contributed by atoms with Gasteiger partial charge in [-0.3, -0.25) is 9.11 Å². The summed E-state index contributed by atoms with van der Waals surface area (Å²) in [7, 11) is -8.04. The second-order valence-electron chi connectivity index (χ2n) is 8.89. The van der Waals surface area contributed by atoms with Crippen LogP contribution < -0.4 is 10.2 Å². The molecule has 0 radical (unpaired) electrons. The number of halogens is 1. The zero-order chi connectivity index (χ0) is 27.2. The fraction of sp³-hybridized carbons (Fsp3) is 0.320. The van der Waals surface area contributed by atoms with Crippen molar-refractivity contribution in [3.63, 3.8) is 0 Å². The lowest BCUT2D eigenvalue weighted by molar-refractivity contribution is 0.229. The van der Waals surface area contributed by atoms with Crippen LogP contribution in [0.1, 0.15) is 17.5 Å². The first kappa shape index (κ1) is 29.0. The van der Waals surface area contributed by atoms with Crippen molar-refractivity contribution in [2.75, 3.05) is 24.5 Å². The van der Waals surface area contributed by atoms with Gasteiger partial charge in [-0.15, -0.1) is 0 Å². The number of aromatic nitrogens is 1. The van der Waals surface area contributed by atoms with Gasteiger partial charge in [-0.1, -0.05) is 47.0 Å². The third-order valence-corrected chi connectivity index (χ3v) is 8.06. The van der Waals surface area contributed by atoms with Gasteiger partial charge in [0.1, 0.15) is 5.15 Å². The van der Waals surface area contributed by atoms with Crippen LogP contribution in [0, 0.1) is 19.8 Å². The Morgan fingerprint density at radius 2 is 1.38 bits per heavy atom. The lowest BCUT2D eigenvalue weighted by Gasteiger charge is -2.52. The summed E-state index contributed by atoms with van der Waals surface area (Å²) < 4.78 is 59.1. The minimum absolute atomic E-state index is 0.0666. The summed E-state index contributed by atoms with van der Waals surface area (Å²) in [5.41, 5.74) is 3.11. The van der Waals surface area contributed by atoms with Crippen molar-refractivity contribution in [3.05, 3.63) is 83.1 Å². The number of benzene rings is 2. The van der Waals surface area contributed by atoms with Crippen LogP contribution in [-0.4, -0.2) is 56.6 Å². The number of pyridine rings is 1. The second-order valence-corrected chi connectivity index (χ2v) is 12.1. The summed E-state index contributed by atoms with van der Waals surface area (Å²) in [6.07, 6.45) is 3.18. The van der Waals surface area contributed by atoms with Gasteiger partial charge in [0.25, 0.3) is 20.2 Å². The van der Waals surface area contributed by atoms with Crippen molar-refractivity contribution in [3.8, 4) is 0 Å². The van der Waals surface area contributed by atoms with Gasteiger partial charge in [-0.2, -0.15) is 16.8 Å². The maximum atomic E-state index is 10.5. The molecule has 9 nitrogen and oxygen atoms in total. The van der Waals surface area contributed by atoms with E-state index in [1.54, 1.807) is 24.3 Å². The van der Waals surface area contributed by atoms with Crippen LogP contribution in [0.15, 0.2) is 76.7 Å². The number of fused-ring (bicyclic) bond motifs is 1. The predicted octanol–water partition coefficient (Wildman–Crippen LogP) is 4.02. The highest BCUT2D eigenvalue weighted by Gasteiger charge is 2.40. The van der Waals surface area contributed by atoms with E-state index in [1.165, 1.54) is 49.5 Å². The van der Waals surface area contributed by atoms with Gasteiger partial charge in [0, 0.05) is 19.1 Å². The molecule has 200 valence electrons.